The molecule has 270 valence electrons. The maximum absolute atomic E-state index is 14.6. The quantitative estimate of drug-likeness (QED) is 0.162. The van der Waals surface area contributed by atoms with Gasteiger partial charge in [-0.15, -0.1) is 5.69 Å². The maximum Gasteiger partial charge on any atom is 0.161 e. The number of allylic oxidation sites excluding steroid dienone is 1. The number of rotatable bonds is 3. The van der Waals surface area contributed by atoms with Crippen molar-refractivity contribution in [2.45, 2.75) is 57.3 Å². The van der Waals surface area contributed by atoms with E-state index in [1.165, 1.54) is 7.11 Å². The summed E-state index contributed by atoms with van der Waals surface area (Å²) in [5.41, 5.74) is 9.52. The lowest BCUT2D eigenvalue weighted by Crippen LogP contribution is -2.31. The molecule has 53 heavy (non-hydrogen) atoms. The zero-order valence-corrected chi connectivity index (χ0v) is 29.8. The Balaban J connectivity index is 1.15. The molecule has 3 atom stereocenters. The molecule has 0 saturated heterocycles. The van der Waals surface area contributed by atoms with Crippen molar-refractivity contribution in [3.63, 3.8) is 0 Å². The Kier molecular flexibility index (Phi) is 9.52. The van der Waals surface area contributed by atoms with Gasteiger partial charge in [-0.25, -0.2) is 0 Å². The lowest BCUT2D eigenvalue weighted by molar-refractivity contribution is -0.129. The number of ketones is 2. The van der Waals surface area contributed by atoms with Gasteiger partial charge < -0.3 is 30.2 Å². The van der Waals surface area contributed by atoms with Gasteiger partial charge in [0.2, 0.25) is 0 Å². The van der Waals surface area contributed by atoms with Crippen LogP contribution >= 0.6 is 0 Å². The van der Waals surface area contributed by atoms with Gasteiger partial charge in [-0.05, 0) is 90.4 Å². The fraction of sp³-hybridized carbons (Fsp3) is 0.289. The second-order valence-electron chi connectivity index (χ2n) is 14.7. The third-order valence-corrected chi connectivity index (χ3v) is 11.2. The third-order valence-electron chi connectivity index (χ3n) is 11.2. The number of phenolic OH excluding ortho intramolecular Hbond substituents is 2. The zero-order chi connectivity index (χ0) is 36.5. The van der Waals surface area contributed by atoms with Gasteiger partial charge in [-0.1, -0.05) is 96.0 Å². The number of benzene rings is 3. The SMILES string of the molecule is COc1cc2cc(c1O)Cc1cccc(c1)Cc1cc[nH]c1[N-]CC1=Cc3[n-]ccc3[C@@H](C[C@@H]3C=Cc4c(O)cccc4CC3)[C@@H]1C(=O)CC(=O)CC2. The van der Waals surface area contributed by atoms with Crippen LogP contribution in [0.5, 0.6) is 17.2 Å². The minimum atomic E-state index is -0.538. The Labute approximate surface area is 309 Å². The highest BCUT2D eigenvalue weighted by Gasteiger charge is 2.36. The number of ether oxygens (including phenoxy) is 1. The molecule has 4 bridgehead atoms. The number of Topliss-reactive ketones (excluding diaryl/α,β-unsaturated/α-hetero) is 2. The average molecular weight is 706 g/mol. The number of aryl methyl sites for hydroxylation is 2. The predicted octanol–water partition coefficient (Wildman–Crippen LogP) is 8.52. The van der Waals surface area contributed by atoms with E-state index in [0.29, 0.717) is 38.0 Å². The van der Waals surface area contributed by atoms with Crippen LogP contribution in [0.3, 0.4) is 0 Å². The van der Waals surface area contributed by atoms with Crippen molar-refractivity contribution in [1.29, 1.82) is 0 Å². The van der Waals surface area contributed by atoms with Gasteiger partial charge in [0.05, 0.1) is 13.5 Å². The highest BCUT2D eigenvalue weighted by atomic mass is 16.5. The van der Waals surface area contributed by atoms with Crippen LogP contribution in [0, 0.1) is 11.8 Å². The highest BCUT2D eigenvalue weighted by Crippen LogP contribution is 2.46. The highest BCUT2D eigenvalue weighted by molar-refractivity contribution is 6.02. The first-order chi connectivity index (χ1) is 25.8. The number of methoxy groups -OCH3 is 1. The number of carbonyl (C=O) groups excluding carboxylic acids is 2. The molecule has 3 aromatic carbocycles. The molecule has 0 radical (unpaired) electrons. The van der Waals surface area contributed by atoms with Crippen LogP contribution in [0.25, 0.3) is 17.5 Å². The molecule has 1 aliphatic heterocycles. The Morgan fingerprint density at radius 1 is 0.868 bits per heavy atom. The van der Waals surface area contributed by atoms with Crippen molar-refractivity contribution < 1.29 is 24.5 Å². The van der Waals surface area contributed by atoms with Gasteiger partial charge in [0.1, 0.15) is 17.3 Å². The lowest BCUT2D eigenvalue weighted by atomic mass is 9.69. The van der Waals surface area contributed by atoms with Crippen molar-refractivity contribution in [1.82, 2.24) is 9.97 Å². The van der Waals surface area contributed by atoms with Crippen molar-refractivity contribution >= 4 is 29.5 Å². The summed E-state index contributed by atoms with van der Waals surface area (Å²) in [7, 11) is 1.53. The first kappa shape index (κ1) is 34.3. The molecule has 5 aromatic rings. The molecule has 8 nitrogen and oxygen atoms in total. The summed E-state index contributed by atoms with van der Waals surface area (Å²) in [5, 5.41) is 26.7. The van der Waals surface area contributed by atoms with Gasteiger partial charge in [0.15, 0.2) is 11.5 Å². The van der Waals surface area contributed by atoms with Crippen molar-refractivity contribution in [2.75, 3.05) is 13.7 Å². The van der Waals surface area contributed by atoms with Crippen LogP contribution < -0.4 is 9.72 Å². The molecule has 0 fully saturated rings. The van der Waals surface area contributed by atoms with Crippen molar-refractivity contribution in [3.05, 3.63) is 146 Å². The topological polar surface area (TPSA) is 128 Å². The zero-order valence-electron chi connectivity index (χ0n) is 29.8. The molecule has 3 heterocycles. The Bertz CT molecular complexity index is 2240. The summed E-state index contributed by atoms with van der Waals surface area (Å²) in [6.45, 7) is 0.297. The van der Waals surface area contributed by atoms with E-state index in [2.05, 4.69) is 29.3 Å². The molecule has 0 unspecified atom stereocenters. The molecular formula is C45H43N3O5-2. The van der Waals surface area contributed by atoms with Gasteiger partial charge in [-0.2, -0.15) is 6.20 Å². The number of hydrogen-bond donors (Lipinski definition) is 3. The van der Waals surface area contributed by atoms with Gasteiger partial charge in [-0.3, -0.25) is 9.59 Å². The first-order valence-corrected chi connectivity index (χ1v) is 18.5. The standard InChI is InChI=1S/C45H43N3O5/c1-53-42-23-30-9-12-35(49)25-41(51)43-34(26-48-45-32(14-16-47-45)19-28-4-2-5-29(18-28)20-33(21-30)44(42)52)24-39-37(15-17-46-39)38(43)22-27-8-11-31-6-3-7-40(50)36(31)13-10-27/h2-7,10,13-18,21,23-24,27,38,43,47,50,52H,8-9,11-12,19-20,22,25-26H2,1H3/q-2/t27-,38+,43+/m0/s1. The summed E-state index contributed by atoms with van der Waals surface area (Å²) >= 11 is 0. The molecule has 3 N–H and O–H groups in total. The number of phenols is 2. The minimum Gasteiger partial charge on any atom is -0.664 e. The summed E-state index contributed by atoms with van der Waals surface area (Å²) in [6, 6.07) is 21.8. The van der Waals surface area contributed by atoms with Crippen LogP contribution in [0.15, 0.2) is 90.8 Å². The van der Waals surface area contributed by atoms with Crippen molar-refractivity contribution in [2.24, 2.45) is 11.8 Å². The third kappa shape index (κ3) is 7.18. The largest absolute Gasteiger partial charge is 0.664 e. The van der Waals surface area contributed by atoms with E-state index in [4.69, 9.17) is 15.0 Å². The van der Waals surface area contributed by atoms with Crippen LogP contribution in [0.2, 0.25) is 0 Å². The number of aromatic hydroxyl groups is 2. The predicted molar refractivity (Wildman–Crippen MR) is 206 cm³/mol. The van der Waals surface area contributed by atoms with Crippen LogP contribution in [-0.2, 0) is 35.3 Å². The lowest BCUT2D eigenvalue weighted by Gasteiger charge is -2.37. The van der Waals surface area contributed by atoms with Gasteiger partial charge in [0.25, 0.3) is 0 Å². The Hall–Kier alpha value is -5.76. The smallest absolute Gasteiger partial charge is 0.161 e. The molecule has 8 rings (SSSR count). The summed E-state index contributed by atoms with van der Waals surface area (Å²) in [4.78, 5) is 36.2. The van der Waals surface area contributed by atoms with Crippen LogP contribution in [-0.4, -0.2) is 40.4 Å². The van der Waals surface area contributed by atoms with Gasteiger partial charge in [0, 0.05) is 29.9 Å². The van der Waals surface area contributed by atoms with E-state index < -0.39 is 5.92 Å². The molecule has 8 heteroatoms. The molecule has 0 spiro atoms. The van der Waals surface area contributed by atoms with E-state index >= 15 is 0 Å². The van der Waals surface area contributed by atoms with E-state index in [-0.39, 0.29) is 47.7 Å². The first-order valence-electron chi connectivity index (χ1n) is 18.5. The molecule has 2 aliphatic carbocycles. The van der Waals surface area contributed by atoms with Gasteiger partial charge >= 0.3 is 0 Å². The Morgan fingerprint density at radius 3 is 2.55 bits per heavy atom. The van der Waals surface area contributed by atoms with E-state index in [9.17, 15) is 19.8 Å². The monoisotopic (exact) mass is 705 g/mol. The number of aromatic amines is 1. The fourth-order valence-electron chi connectivity index (χ4n) is 8.52. The van der Waals surface area contributed by atoms with E-state index in [1.807, 2.05) is 54.7 Å². The number of nitrogens with one attached hydrogen (secondary N) is 1. The maximum atomic E-state index is 14.6. The number of hydrogen-bond acceptors (Lipinski definition) is 5. The Morgan fingerprint density at radius 2 is 1.70 bits per heavy atom. The minimum absolute atomic E-state index is 0.0917. The number of carbonyl (C=O) groups is 2. The normalized spacial score (nSPS) is 20.2. The number of H-pyrrole nitrogens is 1. The summed E-state index contributed by atoms with van der Waals surface area (Å²) < 4.78 is 5.54. The number of fused-ring (bicyclic) bond motifs is 8. The molecular weight excluding hydrogens is 663 g/mol. The molecule has 0 saturated carbocycles. The molecule has 0 amide bonds. The molecule has 2 aromatic heterocycles. The van der Waals surface area contributed by atoms with Crippen molar-refractivity contribution in [3.8, 4) is 17.2 Å². The summed E-state index contributed by atoms with van der Waals surface area (Å²) in [6.07, 6.45) is 13.9. The van der Waals surface area contributed by atoms with E-state index in [0.717, 1.165) is 74.4 Å². The van der Waals surface area contributed by atoms with Crippen LogP contribution in [0.4, 0.5) is 5.82 Å². The molecule has 3 aliphatic rings. The second-order valence-corrected chi connectivity index (χ2v) is 14.7. The second kappa shape index (κ2) is 14.7. The van der Waals surface area contributed by atoms with E-state index in [1.54, 1.807) is 18.3 Å². The number of nitrogens with zero attached hydrogens (tertiary/aromatic N) is 2. The summed E-state index contributed by atoms with van der Waals surface area (Å²) in [5.74, 6) is 0.697. The fourth-order valence-corrected chi connectivity index (χ4v) is 8.52. The number of aromatic nitrogens is 2. The average Bonchev–Trinajstić information content (AvgIpc) is 3.76. The van der Waals surface area contributed by atoms with Crippen LogP contribution in [0.1, 0.15) is 81.8 Å².